The molecule has 1 atom stereocenters. The fraction of sp³-hybridized carbons (Fsp3) is 0.636. The number of carbonyl (C=O) groups excluding carboxylic acids is 1. The normalized spacial score (nSPS) is 23.0. The third-order valence-electron chi connectivity index (χ3n) is 6.54. The average Bonchev–Trinajstić information content (AvgIpc) is 2.69. The van der Waals surface area contributed by atoms with Crippen LogP contribution in [-0.2, 0) is 4.79 Å². The van der Waals surface area contributed by atoms with Gasteiger partial charge in [-0.25, -0.2) is 4.79 Å². The van der Waals surface area contributed by atoms with E-state index >= 15 is 0 Å². The number of likely N-dealkylation sites (N-methyl/N-ethyl adjacent to an activating group) is 1. The molecule has 0 saturated heterocycles. The van der Waals surface area contributed by atoms with Crippen molar-refractivity contribution in [2.45, 2.75) is 57.0 Å². The van der Waals surface area contributed by atoms with Crippen LogP contribution in [0.1, 0.15) is 55.3 Å². The number of carboxylic acid groups (broad SMARTS) is 1. The molecule has 0 unspecified atom stereocenters. The Labute approximate surface area is 172 Å². The Morgan fingerprint density at radius 2 is 1.86 bits per heavy atom. The lowest BCUT2D eigenvalue weighted by Gasteiger charge is -2.38. The molecule has 2 aliphatic rings. The number of amides is 1. The zero-order valence-electron chi connectivity index (χ0n) is 17.3. The van der Waals surface area contributed by atoms with Gasteiger partial charge in [-0.05, 0) is 75.0 Å². The number of carbonyl (C=O) groups is 2. The van der Waals surface area contributed by atoms with E-state index in [0.29, 0.717) is 30.1 Å². The van der Waals surface area contributed by atoms with Gasteiger partial charge in [-0.3, -0.25) is 4.79 Å². The average molecular weight is 405 g/mol. The van der Waals surface area contributed by atoms with Crippen molar-refractivity contribution in [1.29, 1.82) is 0 Å². The van der Waals surface area contributed by atoms with Crippen LogP contribution in [0.15, 0.2) is 18.2 Å². The summed E-state index contributed by atoms with van der Waals surface area (Å²) in [4.78, 5) is 25.6. The first-order valence-corrected chi connectivity index (χ1v) is 10.5. The van der Waals surface area contributed by atoms with E-state index in [1.807, 2.05) is 11.9 Å². The fourth-order valence-electron chi connectivity index (χ4n) is 4.23. The number of methoxy groups -OCH3 is 1. The molecule has 160 valence electrons. The Morgan fingerprint density at radius 1 is 1.17 bits per heavy atom. The summed E-state index contributed by atoms with van der Waals surface area (Å²) in [7, 11) is 3.38. The molecule has 1 aromatic carbocycles. The van der Waals surface area contributed by atoms with E-state index < -0.39 is 12.0 Å². The molecule has 7 nitrogen and oxygen atoms in total. The predicted molar refractivity (Wildman–Crippen MR) is 109 cm³/mol. The summed E-state index contributed by atoms with van der Waals surface area (Å²) in [5.41, 5.74) is 6.48. The number of hydrogen-bond donors (Lipinski definition) is 2. The summed E-state index contributed by atoms with van der Waals surface area (Å²) in [6, 6.07) is 4.59. The molecule has 7 heteroatoms. The van der Waals surface area contributed by atoms with Crippen molar-refractivity contribution < 1.29 is 24.2 Å². The number of carboxylic acids is 1. The van der Waals surface area contributed by atoms with Crippen LogP contribution in [0.5, 0.6) is 11.5 Å². The number of aromatic carboxylic acids is 1. The largest absolute Gasteiger partial charge is 0.493 e. The Balaban J connectivity index is 1.47. The molecule has 1 amide bonds. The van der Waals surface area contributed by atoms with Crippen LogP contribution < -0.4 is 15.2 Å². The van der Waals surface area contributed by atoms with Crippen LogP contribution in [0.3, 0.4) is 0 Å². The molecule has 0 spiro atoms. The molecule has 0 heterocycles. The van der Waals surface area contributed by atoms with Crippen molar-refractivity contribution in [3.63, 3.8) is 0 Å². The highest BCUT2D eigenvalue weighted by molar-refractivity contribution is 5.88. The minimum Gasteiger partial charge on any atom is -0.493 e. The molecular formula is C22H32N2O5. The van der Waals surface area contributed by atoms with Gasteiger partial charge in [0.1, 0.15) is 0 Å². The Hall–Kier alpha value is -2.28. The molecule has 3 N–H and O–H groups in total. The second kappa shape index (κ2) is 9.48. The van der Waals surface area contributed by atoms with E-state index in [4.69, 9.17) is 20.3 Å². The zero-order valence-corrected chi connectivity index (χ0v) is 17.3. The fourth-order valence-corrected chi connectivity index (χ4v) is 4.23. The highest BCUT2D eigenvalue weighted by Crippen LogP contribution is 2.34. The highest BCUT2D eigenvalue weighted by Gasteiger charge is 2.34. The molecule has 2 aliphatic carbocycles. The second-order valence-corrected chi connectivity index (χ2v) is 8.32. The number of benzene rings is 1. The molecule has 0 bridgehead atoms. The maximum atomic E-state index is 12.6. The summed E-state index contributed by atoms with van der Waals surface area (Å²) in [6.07, 6.45) is 7.17. The van der Waals surface area contributed by atoms with E-state index in [0.717, 1.165) is 38.5 Å². The van der Waals surface area contributed by atoms with Gasteiger partial charge >= 0.3 is 5.97 Å². The lowest BCUT2D eigenvalue weighted by Crippen LogP contribution is -2.52. The van der Waals surface area contributed by atoms with E-state index in [9.17, 15) is 9.59 Å². The van der Waals surface area contributed by atoms with Gasteiger partial charge in [0.05, 0.1) is 25.3 Å². The topological polar surface area (TPSA) is 102 Å². The minimum absolute atomic E-state index is 0.0812. The smallest absolute Gasteiger partial charge is 0.335 e. The number of nitrogens with zero attached hydrogens (tertiary/aromatic N) is 1. The number of rotatable bonds is 8. The standard InChI is InChI=1S/C22H32N2O5/c1-24(17-4-3-5-17)21(25)20(23)15-8-6-14(7-9-15)13-29-18-11-10-16(22(26)27)12-19(18)28-2/h10-12,14-15,17,20H,3-9,13,23H2,1-2H3,(H,26,27)/t14?,15?,20-/m0/s1. The molecule has 29 heavy (non-hydrogen) atoms. The number of nitrogens with two attached hydrogens (primary N) is 1. The summed E-state index contributed by atoms with van der Waals surface area (Å²) in [6.45, 7) is 0.542. The minimum atomic E-state index is -0.998. The van der Waals surface area contributed by atoms with Crippen LogP contribution in [0.2, 0.25) is 0 Å². The Bertz CT molecular complexity index is 726. The van der Waals surface area contributed by atoms with Crippen LogP contribution in [0.25, 0.3) is 0 Å². The number of ether oxygens (including phenoxy) is 2. The second-order valence-electron chi connectivity index (χ2n) is 8.32. The molecule has 2 saturated carbocycles. The van der Waals surface area contributed by atoms with Crippen molar-refractivity contribution in [2.75, 3.05) is 20.8 Å². The van der Waals surface area contributed by atoms with Crippen molar-refractivity contribution in [2.24, 2.45) is 17.6 Å². The van der Waals surface area contributed by atoms with Gasteiger partial charge in [-0.1, -0.05) is 0 Å². The van der Waals surface area contributed by atoms with Crippen molar-refractivity contribution in [3.05, 3.63) is 23.8 Å². The number of hydrogen-bond acceptors (Lipinski definition) is 5. The van der Waals surface area contributed by atoms with Crippen molar-refractivity contribution in [1.82, 2.24) is 4.90 Å². The van der Waals surface area contributed by atoms with E-state index in [2.05, 4.69) is 0 Å². The highest BCUT2D eigenvalue weighted by atomic mass is 16.5. The van der Waals surface area contributed by atoms with Crippen LogP contribution in [0.4, 0.5) is 0 Å². The van der Waals surface area contributed by atoms with Crippen LogP contribution >= 0.6 is 0 Å². The first-order valence-electron chi connectivity index (χ1n) is 10.5. The summed E-state index contributed by atoms with van der Waals surface area (Å²) >= 11 is 0. The molecule has 0 radical (unpaired) electrons. The van der Waals surface area contributed by atoms with Crippen LogP contribution in [-0.4, -0.2) is 54.7 Å². The quantitative estimate of drug-likeness (QED) is 0.691. The van der Waals surface area contributed by atoms with E-state index in [1.165, 1.54) is 25.7 Å². The van der Waals surface area contributed by atoms with Crippen molar-refractivity contribution >= 4 is 11.9 Å². The Morgan fingerprint density at radius 3 is 2.41 bits per heavy atom. The van der Waals surface area contributed by atoms with Gasteiger partial charge in [-0.15, -0.1) is 0 Å². The van der Waals surface area contributed by atoms with Gasteiger partial charge in [0, 0.05) is 13.1 Å². The molecule has 1 aromatic rings. The molecule has 2 fully saturated rings. The summed E-state index contributed by atoms with van der Waals surface area (Å²) in [5, 5.41) is 9.09. The van der Waals surface area contributed by atoms with Gasteiger partial charge in [0.25, 0.3) is 0 Å². The van der Waals surface area contributed by atoms with Gasteiger partial charge in [-0.2, -0.15) is 0 Å². The molecule has 3 rings (SSSR count). The summed E-state index contributed by atoms with van der Waals surface area (Å²) < 4.78 is 11.2. The Kier molecular flexibility index (Phi) is 7.00. The lowest BCUT2D eigenvalue weighted by molar-refractivity contribution is -0.136. The third-order valence-corrected chi connectivity index (χ3v) is 6.54. The molecule has 0 aromatic heterocycles. The first kappa shape index (κ1) is 21.4. The SMILES string of the molecule is COc1cc(C(=O)O)ccc1OCC1CCC([C@H](N)C(=O)N(C)C2CCC2)CC1. The molecular weight excluding hydrogens is 372 g/mol. The zero-order chi connectivity index (χ0) is 21.0. The first-order chi connectivity index (χ1) is 13.9. The van der Waals surface area contributed by atoms with Gasteiger partial charge in [0.2, 0.25) is 5.91 Å². The maximum absolute atomic E-state index is 12.6. The molecule has 0 aliphatic heterocycles. The van der Waals surface area contributed by atoms with Gasteiger partial charge in [0.15, 0.2) is 11.5 Å². The van der Waals surface area contributed by atoms with E-state index in [1.54, 1.807) is 6.07 Å². The lowest BCUT2D eigenvalue weighted by atomic mass is 9.78. The summed E-state index contributed by atoms with van der Waals surface area (Å²) in [5.74, 6) is 0.672. The van der Waals surface area contributed by atoms with Crippen molar-refractivity contribution in [3.8, 4) is 11.5 Å². The van der Waals surface area contributed by atoms with Crippen LogP contribution in [0, 0.1) is 11.8 Å². The maximum Gasteiger partial charge on any atom is 0.335 e. The monoisotopic (exact) mass is 404 g/mol. The van der Waals surface area contributed by atoms with E-state index in [-0.39, 0.29) is 17.4 Å². The van der Waals surface area contributed by atoms with Gasteiger partial charge < -0.3 is 25.2 Å². The third kappa shape index (κ3) is 5.01. The predicted octanol–water partition coefficient (Wildman–Crippen LogP) is 2.92.